The molecule has 1 aromatic carbocycles. The molecule has 0 aromatic heterocycles. The summed E-state index contributed by atoms with van der Waals surface area (Å²) in [6.07, 6.45) is 0.649. The highest BCUT2D eigenvalue weighted by molar-refractivity contribution is 6.35. The van der Waals surface area contributed by atoms with Gasteiger partial charge in [0, 0.05) is 35.2 Å². The summed E-state index contributed by atoms with van der Waals surface area (Å²) in [7, 11) is 0. The van der Waals surface area contributed by atoms with Gasteiger partial charge in [0.2, 0.25) is 0 Å². The zero-order valence-corrected chi connectivity index (χ0v) is 11.4. The van der Waals surface area contributed by atoms with E-state index in [2.05, 4.69) is 11.8 Å². The molecule has 1 N–H and O–H groups in total. The Morgan fingerprint density at radius 1 is 1.35 bits per heavy atom. The van der Waals surface area contributed by atoms with Crippen molar-refractivity contribution in [3.8, 4) is 0 Å². The number of halogens is 2. The van der Waals surface area contributed by atoms with Gasteiger partial charge in [0.15, 0.2) is 0 Å². The first-order valence-electron chi connectivity index (χ1n) is 5.91. The number of aliphatic hydroxyl groups is 1. The summed E-state index contributed by atoms with van der Waals surface area (Å²) in [6.45, 7) is 4.62. The normalized spacial score (nSPS) is 26.1. The number of benzene rings is 1. The minimum Gasteiger partial charge on any atom is -0.393 e. The Balaban J connectivity index is 2.06. The highest BCUT2D eigenvalue weighted by Crippen LogP contribution is 2.27. The van der Waals surface area contributed by atoms with Gasteiger partial charge in [-0.25, -0.2) is 0 Å². The fourth-order valence-corrected chi connectivity index (χ4v) is 2.79. The predicted octanol–water partition coefficient (Wildman–Crippen LogP) is 3.20. The summed E-state index contributed by atoms with van der Waals surface area (Å²) in [5.74, 6) is 0.310. The van der Waals surface area contributed by atoms with Gasteiger partial charge in [-0.3, -0.25) is 4.90 Å². The van der Waals surface area contributed by atoms with Crippen molar-refractivity contribution in [3.05, 3.63) is 33.8 Å². The maximum atomic E-state index is 9.69. The Hall–Kier alpha value is -0.280. The number of rotatable bonds is 2. The Labute approximate surface area is 112 Å². The van der Waals surface area contributed by atoms with Gasteiger partial charge in [-0.05, 0) is 24.5 Å². The molecule has 0 amide bonds. The zero-order valence-electron chi connectivity index (χ0n) is 9.87. The van der Waals surface area contributed by atoms with Gasteiger partial charge in [-0.1, -0.05) is 36.2 Å². The molecule has 2 nitrogen and oxygen atoms in total. The Morgan fingerprint density at radius 2 is 2.00 bits per heavy atom. The van der Waals surface area contributed by atoms with Gasteiger partial charge in [0.25, 0.3) is 0 Å². The molecule has 2 atom stereocenters. The van der Waals surface area contributed by atoms with Crippen LogP contribution >= 0.6 is 23.2 Å². The first-order valence-corrected chi connectivity index (χ1v) is 6.67. The molecule has 1 aliphatic heterocycles. The number of piperidine rings is 1. The van der Waals surface area contributed by atoms with Gasteiger partial charge in [0.05, 0.1) is 6.10 Å². The standard InChI is InChI=1S/C13H17Cl2NO/c1-9-7-16(6-5-13(9)17)8-10-11(14)3-2-4-12(10)15/h2-4,9,13,17H,5-8H2,1H3. The van der Waals surface area contributed by atoms with Crippen LogP contribution in [0.4, 0.5) is 0 Å². The summed E-state index contributed by atoms with van der Waals surface area (Å²) in [5, 5.41) is 11.1. The molecule has 1 aromatic rings. The summed E-state index contributed by atoms with van der Waals surface area (Å²) in [4.78, 5) is 2.30. The fraction of sp³-hybridized carbons (Fsp3) is 0.538. The van der Waals surface area contributed by atoms with E-state index >= 15 is 0 Å². The Bertz CT molecular complexity index is 377. The van der Waals surface area contributed by atoms with Crippen molar-refractivity contribution in [2.24, 2.45) is 5.92 Å². The van der Waals surface area contributed by atoms with Gasteiger partial charge in [0.1, 0.15) is 0 Å². The molecule has 17 heavy (non-hydrogen) atoms. The number of hydrogen-bond acceptors (Lipinski definition) is 2. The van der Waals surface area contributed by atoms with Crippen LogP contribution in [0.1, 0.15) is 18.9 Å². The number of hydrogen-bond donors (Lipinski definition) is 1. The van der Waals surface area contributed by atoms with Crippen LogP contribution in [0, 0.1) is 5.92 Å². The van der Waals surface area contributed by atoms with Gasteiger partial charge < -0.3 is 5.11 Å². The second-order valence-electron chi connectivity index (χ2n) is 4.77. The monoisotopic (exact) mass is 273 g/mol. The maximum absolute atomic E-state index is 9.69. The van der Waals surface area contributed by atoms with Crippen molar-refractivity contribution < 1.29 is 5.11 Å². The highest BCUT2D eigenvalue weighted by Gasteiger charge is 2.24. The lowest BCUT2D eigenvalue weighted by atomic mass is 9.96. The second-order valence-corrected chi connectivity index (χ2v) is 5.58. The SMILES string of the molecule is CC1CN(Cc2c(Cl)cccc2Cl)CCC1O. The molecule has 0 aliphatic carbocycles. The Morgan fingerprint density at radius 3 is 2.59 bits per heavy atom. The van der Waals surface area contributed by atoms with Gasteiger partial charge in [-0.2, -0.15) is 0 Å². The molecule has 1 aliphatic rings. The molecule has 1 fully saturated rings. The molecule has 0 bridgehead atoms. The molecule has 0 radical (unpaired) electrons. The van der Waals surface area contributed by atoms with E-state index in [0.29, 0.717) is 5.92 Å². The van der Waals surface area contributed by atoms with Crippen molar-refractivity contribution >= 4 is 23.2 Å². The second kappa shape index (κ2) is 5.57. The van der Waals surface area contributed by atoms with Crippen molar-refractivity contribution in [2.75, 3.05) is 13.1 Å². The lowest BCUT2D eigenvalue weighted by Crippen LogP contribution is -2.41. The van der Waals surface area contributed by atoms with E-state index in [9.17, 15) is 5.11 Å². The van der Waals surface area contributed by atoms with Crippen molar-refractivity contribution in [2.45, 2.75) is 26.0 Å². The molecular formula is C13H17Cl2NO. The quantitative estimate of drug-likeness (QED) is 0.895. The van der Waals surface area contributed by atoms with E-state index in [1.165, 1.54) is 0 Å². The lowest BCUT2D eigenvalue weighted by molar-refractivity contribution is 0.0320. The van der Waals surface area contributed by atoms with Crippen molar-refractivity contribution in [1.82, 2.24) is 4.90 Å². The average molecular weight is 274 g/mol. The fourth-order valence-electron chi connectivity index (χ4n) is 2.27. The van der Waals surface area contributed by atoms with Crippen LogP contribution < -0.4 is 0 Å². The van der Waals surface area contributed by atoms with Crippen LogP contribution in [0.25, 0.3) is 0 Å². The van der Waals surface area contributed by atoms with Crippen LogP contribution in [0.15, 0.2) is 18.2 Å². The largest absolute Gasteiger partial charge is 0.393 e. The zero-order chi connectivity index (χ0) is 12.4. The lowest BCUT2D eigenvalue weighted by Gasteiger charge is -2.34. The number of likely N-dealkylation sites (tertiary alicyclic amines) is 1. The number of aliphatic hydroxyl groups excluding tert-OH is 1. The third kappa shape index (κ3) is 3.14. The Kier molecular flexibility index (Phi) is 4.31. The van der Waals surface area contributed by atoms with Crippen LogP contribution in [-0.4, -0.2) is 29.2 Å². The first kappa shape index (κ1) is 13.2. The van der Waals surface area contributed by atoms with Crippen molar-refractivity contribution in [3.63, 3.8) is 0 Å². The summed E-state index contributed by atoms with van der Waals surface area (Å²) in [6, 6.07) is 5.59. The van der Waals surface area contributed by atoms with E-state index < -0.39 is 0 Å². The third-order valence-corrected chi connectivity index (χ3v) is 4.10. The van der Waals surface area contributed by atoms with Gasteiger partial charge >= 0.3 is 0 Å². The highest BCUT2D eigenvalue weighted by atomic mass is 35.5. The first-order chi connectivity index (χ1) is 8.08. The molecule has 1 heterocycles. The predicted molar refractivity (Wildman–Crippen MR) is 71.5 cm³/mol. The minimum atomic E-state index is -0.173. The topological polar surface area (TPSA) is 23.5 Å². The third-order valence-electron chi connectivity index (χ3n) is 3.39. The van der Waals surface area contributed by atoms with Crippen LogP contribution in [0.2, 0.25) is 10.0 Å². The summed E-state index contributed by atoms with van der Waals surface area (Å²) in [5.41, 5.74) is 0.986. The van der Waals surface area contributed by atoms with E-state index in [1.807, 2.05) is 18.2 Å². The summed E-state index contributed by atoms with van der Waals surface area (Å²) < 4.78 is 0. The van der Waals surface area contributed by atoms with Gasteiger partial charge in [-0.15, -0.1) is 0 Å². The summed E-state index contributed by atoms with van der Waals surface area (Å²) >= 11 is 12.3. The van der Waals surface area contributed by atoms with Crippen LogP contribution in [-0.2, 0) is 6.54 Å². The molecule has 0 saturated carbocycles. The van der Waals surface area contributed by atoms with E-state index in [-0.39, 0.29) is 6.10 Å². The van der Waals surface area contributed by atoms with E-state index in [4.69, 9.17) is 23.2 Å². The molecular weight excluding hydrogens is 257 g/mol. The molecule has 2 rings (SSSR count). The number of nitrogens with zero attached hydrogens (tertiary/aromatic N) is 1. The van der Waals surface area contributed by atoms with Crippen LogP contribution in [0.5, 0.6) is 0 Å². The molecule has 94 valence electrons. The van der Waals surface area contributed by atoms with E-state index in [0.717, 1.165) is 41.7 Å². The van der Waals surface area contributed by atoms with E-state index in [1.54, 1.807) is 0 Å². The maximum Gasteiger partial charge on any atom is 0.0590 e. The smallest absolute Gasteiger partial charge is 0.0590 e. The van der Waals surface area contributed by atoms with Crippen molar-refractivity contribution in [1.29, 1.82) is 0 Å². The molecule has 0 spiro atoms. The molecule has 2 unspecified atom stereocenters. The molecule has 4 heteroatoms. The molecule has 1 saturated heterocycles. The minimum absolute atomic E-state index is 0.173. The average Bonchev–Trinajstić information content (AvgIpc) is 2.28. The van der Waals surface area contributed by atoms with Crippen LogP contribution in [0.3, 0.4) is 0 Å².